The highest BCUT2D eigenvalue weighted by Crippen LogP contribution is 2.33. The zero-order valence-corrected chi connectivity index (χ0v) is 17.4. The summed E-state index contributed by atoms with van der Waals surface area (Å²) in [5, 5.41) is 2.95. The summed E-state index contributed by atoms with van der Waals surface area (Å²) in [7, 11) is -3.21. The number of nitrogens with one attached hydrogen (secondary N) is 1. The topological polar surface area (TPSA) is 96.0 Å². The van der Waals surface area contributed by atoms with Crippen LogP contribution in [0.2, 0.25) is 0 Å². The number of rotatable bonds is 4. The Morgan fingerprint density at radius 3 is 2.55 bits per heavy atom. The first kappa shape index (κ1) is 20.3. The van der Waals surface area contributed by atoms with Crippen molar-refractivity contribution in [1.82, 2.24) is 4.31 Å². The van der Waals surface area contributed by atoms with Crippen LogP contribution in [-0.4, -0.2) is 63.1 Å². The number of sulfonamides is 1. The number of benzene rings is 1. The SMILES string of the molecule is CS(=O)(=O)N1CCC(C(=O)Nc2ccc3c(c2)N(C(=O)[C@H]2CCCO2)CC3)CC1. The maximum atomic E-state index is 12.8. The minimum absolute atomic E-state index is 0.00197. The predicted molar refractivity (Wildman–Crippen MR) is 109 cm³/mol. The quantitative estimate of drug-likeness (QED) is 0.792. The molecule has 3 aliphatic heterocycles. The molecule has 29 heavy (non-hydrogen) atoms. The summed E-state index contributed by atoms with van der Waals surface area (Å²) in [6.07, 6.45) is 4.31. The summed E-state index contributed by atoms with van der Waals surface area (Å²) in [5.41, 5.74) is 2.59. The van der Waals surface area contributed by atoms with Crippen LogP contribution in [0.1, 0.15) is 31.2 Å². The monoisotopic (exact) mass is 421 g/mol. The lowest BCUT2D eigenvalue weighted by atomic mass is 9.97. The maximum absolute atomic E-state index is 12.8. The van der Waals surface area contributed by atoms with Gasteiger partial charge in [-0.25, -0.2) is 12.7 Å². The highest BCUT2D eigenvalue weighted by atomic mass is 32.2. The Morgan fingerprint density at radius 1 is 1.14 bits per heavy atom. The van der Waals surface area contributed by atoms with E-state index in [4.69, 9.17) is 4.74 Å². The molecule has 158 valence electrons. The molecule has 2 amide bonds. The van der Waals surface area contributed by atoms with Crippen LogP contribution in [0, 0.1) is 5.92 Å². The number of hydrogen-bond acceptors (Lipinski definition) is 5. The van der Waals surface area contributed by atoms with E-state index in [1.807, 2.05) is 18.2 Å². The fraction of sp³-hybridized carbons (Fsp3) is 0.600. The number of hydrogen-bond donors (Lipinski definition) is 1. The van der Waals surface area contributed by atoms with Gasteiger partial charge in [0.1, 0.15) is 6.10 Å². The van der Waals surface area contributed by atoms with E-state index in [2.05, 4.69) is 5.32 Å². The van der Waals surface area contributed by atoms with Gasteiger partial charge in [0.05, 0.1) is 6.26 Å². The Balaban J connectivity index is 1.41. The largest absolute Gasteiger partial charge is 0.368 e. The maximum Gasteiger partial charge on any atom is 0.256 e. The van der Waals surface area contributed by atoms with Crippen LogP contribution in [0.25, 0.3) is 0 Å². The van der Waals surface area contributed by atoms with Gasteiger partial charge in [0.2, 0.25) is 15.9 Å². The lowest BCUT2D eigenvalue weighted by Crippen LogP contribution is -2.40. The van der Waals surface area contributed by atoms with Crippen molar-refractivity contribution in [3.05, 3.63) is 23.8 Å². The van der Waals surface area contributed by atoms with Crippen LogP contribution in [0.15, 0.2) is 18.2 Å². The van der Waals surface area contributed by atoms with Crippen molar-refractivity contribution < 1.29 is 22.7 Å². The number of fused-ring (bicyclic) bond motifs is 1. The van der Waals surface area contributed by atoms with Gasteiger partial charge >= 0.3 is 0 Å². The first-order valence-corrected chi connectivity index (χ1v) is 12.0. The Morgan fingerprint density at radius 2 is 1.90 bits per heavy atom. The molecule has 8 nitrogen and oxygen atoms in total. The summed E-state index contributed by atoms with van der Waals surface area (Å²) < 4.78 is 30.2. The molecule has 0 radical (unpaired) electrons. The number of amides is 2. The third kappa shape index (κ3) is 4.31. The first-order chi connectivity index (χ1) is 13.8. The minimum atomic E-state index is -3.21. The molecular weight excluding hydrogens is 394 g/mol. The number of ether oxygens (including phenoxy) is 1. The summed E-state index contributed by atoms with van der Waals surface area (Å²) in [5.74, 6) is -0.322. The van der Waals surface area contributed by atoms with Gasteiger partial charge in [-0.05, 0) is 49.8 Å². The average Bonchev–Trinajstić information content (AvgIpc) is 3.37. The minimum Gasteiger partial charge on any atom is -0.368 e. The summed E-state index contributed by atoms with van der Waals surface area (Å²) in [4.78, 5) is 27.2. The Labute approximate surface area is 171 Å². The molecule has 3 heterocycles. The molecular formula is C20H27N3O5S. The Hall–Kier alpha value is -1.97. The van der Waals surface area contributed by atoms with Crippen molar-refractivity contribution in [2.24, 2.45) is 5.92 Å². The van der Waals surface area contributed by atoms with Crippen LogP contribution in [0.3, 0.4) is 0 Å². The van der Waals surface area contributed by atoms with Crippen molar-refractivity contribution >= 4 is 33.2 Å². The summed E-state index contributed by atoms with van der Waals surface area (Å²) in [6.45, 7) is 2.00. The molecule has 1 aromatic rings. The van der Waals surface area contributed by atoms with Crippen molar-refractivity contribution in [3.63, 3.8) is 0 Å². The smallest absolute Gasteiger partial charge is 0.256 e. The second-order valence-corrected chi connectivity index (χ2v) is 9.99. The van der Waals surface area contributed by atoms with Crippen LogP contribution in [-0.2, 0) is 30.8 Å². The molecule has 0 bridgehead atoms. The Kier molecular flexibility index (Phi) is 5.63. The van der Waals surface area contributed by atoms with Gasteiger partial charge in [-0.1, -0.05) is 6.07 Å². The van der Waals surface area contributed by atoms with Crippen molar-refractivity contribution in [2.75, 3.05) is 42.7 Å². The molecule has 0 aliphatic carbocycles. The second kappa shape index (κ2) is 8.04. The molecule has 0 aromatic heterocycles. The molecule has 3 aliphatic rings. The highest BCUT2D eigenvalue weighted by Gasteiger charge is 2.33. The Bertz CT molecular complexity index is 903. The van der Waals surface area contributed by atoms with Crippen LogP contribution < -0.4 is 10.2 Å². The molecule has 4 rings (SSSR count). The number of anilines is 2. The molecule has 1 aromatic carbocycles. The summed E-state index contributed by atoms with van der Waals surface area (Å²) in [6, 6.07) is 5.68. The number of carbonyl (C=O) groups excluding carboxylic acids is 2. The normalized spacial score (nSPS) is 23.2. The fourth-order valence-electron chi connectivity index (χ4n) is 4.33. The van der Waals surface area contributed by atoms with Gasteiger partial charge < -0.3 is 15.0 Å². The van der Waals surface area contributed by atoms with E-state index in [1.165, 1.54) is 10.6 Å². The number of carbonyl (C=O) groups is 2. The number of piperidine rings is 1. The molecule has 1 atom stereocenters. The third-order valence-corrected chi connectivity index (χ3v) is 7.32. The zero-order chi connectivity index (χ0) is 20.6. The van der Waals surface area contributed by atoms with E-state index in [9.17, 15) is 18.0 Å². The van der Waals surface area contributed by atoms with E-state index in [-0.39, 0.29) is 23.8 Å². The molecule has 9 heteroatoms. The molecule has 0 unspecified atom stereocenters. The van der Waals surface area contributed by atoms with E-state index in [1.54, 1.807) is 4.90 Å². The van der Waals surface area contributed by atoms with Gasteiger partial charge in [0.15, 0.2) is 0 Å². The van der Waals surface area contributed by atoms with Crippen LogP contribution in [0.5, 0.6) is 0 Å². The van der Waals surface area contributed by atoms with Crippen LogP contribution in [0.4, 0.5) is 11.4 Å². The fourth-order valence-corrected chi connectivity index (χ4v) is 5.20. The van der Waals surface area contributed by atoms with Gasteiger partial charge in [-0.2, -0.15) is 0 Å². The molecule has 2 saturated heterocycles. The lowest BCUT2D eigenvalue weighted by molar-refractivity contribution is -0.127. The van der Waals surface area contributed by atoms with Gasteiger partial charge in [-0.15, -0.1) is 0 Å². The highest BCUT2D eigenvalue weighted by molar-refractivity contribution is 7.88. The zero-order valence-electron chi connectivity index (χ0n) is 16.6. The predicted octanol–water partition coefficient (Wildman–Crippen LogP) is 1.36. The van der Waals surface area contributed by atoms with Gasteiger partial charge in [0.25, 0.3) is 5.91 Å². The summed E-state index contributed by atoms with van der Waals surface area (Å²) >= 11 is 0. The van der Waals surface area contributed by atoms with Gasteiger partial charge in [-0.3, -0.25) is 9.59 Å². The molecule has 0 spiro atoms. The van der Waals surface area contributed by atoms with E-state index in [0.717, 1.165) is 30.5 Å². The second-order valence-electron chi connectivity index (χ2n) is 8.01. The van der Waals surface area contributed by atoms with Crippen molar-refractivity contribution in [1.29, 1.82) is 0 Å². The van der Waals surface area contributed by atoms with Crippen molar-refractivity contribution in [3.8, 4) is 0 Å². The van der Waals surface area contributed by atoms with E-state index in [0.29, 0.717) is 44.8 Å². The molecule has 1 N–H and O–H groups in total. The average molecular weight is 422 g/mol. The van der Waals surface area contributed by atoms with Gasteiger partial charge in [0, 0.05) is 43.5 Å². The van der Waals surface area contributed by atoms with E-state index < -0.39 is 10.0 Å². The van der Waals surface area contributed by atoms with Crippen LogP contribution >= 0.6 is 0 Å². The first-order valence-electron chi connectivity index (χ1n) is 10.1. The lowest BCUT2D eigenvalue weighted by Gasteiger charge is -2.29. The number of nitrogens with zero attached hydrogens (tertiary/aromatic N) is 2. The third-order valence-electron chi connectivity index (χ3n) is 6.01. The standard InChI is InChI=1S/C20H27N3O5S/c1-29(26,27)22-9-6-15(7-10-22)19(24)21-16-5-4-14-8-11-23(17(14)13-16)20(25)18-3-2-12-28-18/h4-5,13,15,18H,2-3,6-12H2,1H3,(H,21,24)/t18-/m1/s1. The van der Waals surface area contributed by atoms with E-state index >= 15 is 0 Å². The molecule has 0 saturated carbocycles. The molecule has 2 fully saturated rings. The van der Waals surface area contributed by atoms with Crippen molar-refractivity contribution in [2.45, 2.75) is 38.2 Å².